The third-order valence-corrected chi connectivity index (χ3v) is 5.99. The number of sulfonamides is 1. The van der Waals surface area contributed by atoms with Crippen molar-refractivity contribution in [1.82, 2.24) is 15.5 Å². The Kier molecular flexibility index (Phi) is 7.80. The third-order valence-electron chi connectivity index (χ3n) is 4.32. The Morgan fingerprint density at radius 3 is 2.65 bits per heavy atom. The lowest BCUT2D eigenvalue weighted by atomic mass is 10.2. The number of halogens is 1. The molecule has 0 aliphatic carbocycles. The van der Waals surface area contributed by atoms with Crippen molar-refractivity contribution in [2.24, 2.45) is 5.10 Å². The monoisotopic (exact) mass is 468 g/mol. The van der Waals surface area contributed by atoms with Crippen LogP contribution < -0.4 is 15.5 Å². The van der Waals surface area contributed by atoms with Crippen molar-refractivity contribution in [2.75, 3.05) is 13.2 Å². The first-order valence-electron chi connectivity index (χ1n) is 9.40. The van der Waals surface area contributed by atoms with Crippen LogP contribution in [0.25, 0.3) is 0 Å². The molecule has 0 saturated carbocycles. The summed E-state index contributed by atoms with van der Waals surface area (Å²) in [5, 5.41) is 6.57. The van der Waals surface area contributed by atoms with Crippen LogP contribution >= 0.6 is 11.6 Å². The van der Waals surface area contributed by atoms with Crippen molar-refractivity contribution < 1.29 is 27.2 Å². The van der Waals surface area contributed by atoms with E-state index in [1.807, 2.05) is 0 Å². The molecule has 166 valence electrons. The van der Waals surface area contributed by atoms with E-state index in [1.54, 1.807) is 12.1 Å². The van der Waals surface area contributed by atoms with Crippen LogP contribution in [0.2, 0.25) is 5.02 Å². The minimum absolute atomic E-state index is 0.0705. The van der Waals surface area contributed by atoms with Gasteiger partial charge in [0.15, 0.2) is 0 Å². The number of rotatable bonds is 8. The van der Waals surface area contributed by atoms with E-state index in [0.717, 1.165) is 12.8 Å². The number of nitrogens with one attached hydrogen (secondary N) is 3. The van der Waals surface area contributed by atoms with Gasteiger partial charge in [0.1, 0.15) is 11.5 Å². The summed E-state index contributed by atoms with van der Waals surface area (Å²) in [5.74, 6) is -1.14. The summed E-state index contributed by atoms with van der Waals surface area (Å²) in [6, 6.07) is 8.85. The number of carbonyl (C=O) groups is 2. The Labute approximate surface area is 184 Å². The number of hydrogen-bond acceptors (Lipinski definition) is 7. The molecule has 0 bridgehead atoms. The number of carbonyl (C=O) groups excluding carboxylic acids is 2. The molecule has 1 aromatic heterocycles. The first kappa shape index (κ1) is 22.9. The summed E-state index contributed by atoms with van der Waals surface area (Å²) in [6.07, 6.45) is 2.91. The third kappa shape index (κ3) is 6.89. The summed E-state index contributed by atoms with van der Waals surface area (Å²) < 4.78 is 37.7. The minimum Gasteiger partial charge on any atom is -0.459 e. The number of nitrogens with zero attached hydrogens (tertiary/aromatic N) is 1. The van der Waals surface area contributed by atoms with Crippen molar-refractivity contribution in [3.63, 3.8) is 0 Å². The number of benzene rings is 1. The van der Waals surface area contributed by atoms with Gasteiger partial charge in [-0.1, -0.05) is 11.6 Å². The van der Waals surface area contributed by atoms with Crippen LogP contribution in [-0.2, 0) is 30.9 Å². The molecular formula is C19H21ClN4O6S. The number of hydrazone groups is 1. The van der Waals surface area contributed by atoms with Gasteiger partial charge in [0.2, 0.25) is 10.0 Å². The summed E-state index contributed by atoms with van der Waals surface area (Å²) in [4.78, 5) is 23.5. The van der Waals surface area contributed by atoms with Crippen molar-refractivity contribution in [3.05, 3.63) is 52.9 Å². The molecule has 1 atom stereocenters. The van der Waals surface area contributed by atoms with Gasteiger partial charge in [0.25, 0.3) is 0 Å². The Bertz CT molecular complexity index is 1050. The molecule has 0 radical (unpaired) electrons. The van der Waals surface area contributed by atoms with E-state index in [9.17, 15) is 18.0 Å². The van der Waals surface area contributed by atoms with Crippen molar-refractivity contribution in [3.8, 4) is 0 Å². The first-order chi connectivity index (χ1) is 14.8. The SMILES string of the molecule is O=C(NC[C@@H]1CCCO1)C(=O)N/N=C/c1ccc(CNS(=O)(=O)c2ccc(Cl)cc2)o1. The summed E-state index contributed by atoms with van der Waals surface area (Å²) in [7, 11) is -3.73. The number of amides is 2. The van der Waals surface area contributed by atoms with E-state index < -0.39 is 21.8 Å². The van der Waals surface area contributed by atoms with Gasteiger partial charge in [-0.15, -0.1) is 0 Å². The van der Waals surface area contributed by atoms with Crippen LogP contribution in [0.15, 0.2) is 50.8 Å². The fraction of sp³-hybridized carbons (Fsp3) is 0.316. The standard InChI is InChI=1S/C19H21ClN4O6S/c20-13-3-7-17(8-4-13)31(27,28)23-12-16-6-5-15(30-16)11-22-24-19(26)18(25)21-10-14-2-1-9-29-14/h3-8,11,14,23H,1-2,9-10,12H2,(H,21,25)(H,24,26)/b22-11+/t14-/m0/s1. The Hall–Kier alpha value is -2.73. The summed E-state index contributed by atoms with van der Waals surface area (Å²) >= 11 is 5.76. The average molecular weight is 469 g/mol. The molecule has 0 spiro atoms. The van der Waals surface area contributed by atoms with E-state index in [0.29, 0.717) is 17.4 Å². The molecule has 2 heterocycles. The highest BCUT2D eigenvalue weighted by Crippen LogP contribution is 2.15. The number of hydrogen-bond donors (Lipinski definition) is 3. The lowest BCUT2D eigenvalue weighted by molar-refractivity contribution is -0.139. The molecule has 3 N–H and O–H groups in total. The molecule has 31 heavy (non-hydrogen) atoms. The zero-order valence-corrected chi connectivity index (χ0v) is 17.9. The molecule has 3 rings (SSSR count). The van der Waals surface area contributed by atoms with Crippen LogP contribution in [0.1, 0.15) is 24.4 Å². The largest absolute Gasteiger partial charge is 0.459 e. The smallest absolute Gasteiger partial charge is 0.329 e. The minimum atomic E-state index is -3.73. The molecule has 0 unspecified atom stereocenters. The second-order valence-electron chi connectivity index (χ2n) is 6.63. The van der Waals surface area contributed by atoms with Crippen molar-refractivity contribution >= 4 is 39.7 Å². The maximum absolute atomic E-state index is 12.3. The molecule has 1 saturated heterocycles. The van der Waals surface area contributed by atoms with E-state index >= 15 is 0 Å². The van der Waals surface area contributed by atoms with Gasteiger partial charge < -0.3 is 14.5 Å². The van der Waals surface area contributed by atoms with E-state index in [-0.39, 0.29) is 29.8 Å². The van der Waals surface area contributed by atoms with Crippen LogP contribution in [0, 0.1) is 0 Å². The summed E-state index contributed by atoms with van der Waals surface area (Å²) in [6.45, 7) is 0.838. The van der Waals surface area contributed by atoms with Crippen LogP contribution in [0.4, 0.5) is 0 Å². The molecule has 10 nitrogen and oxygen atoms in total. The van der Waals surface area contributed by atoms with Gasteiger partial charge in [-0.2, -0.15) is 5.10 Å². The molecule has 1 aliphatic heterocycles. The van der Waals surface area contributed by atoms with Crippen molar-refractivity contribution in [1.29, 1.82) is 0 Å². The van der Waals surface area contributed by atoms with Gasteiger partial charge in [-0.3, -0.25) is 9.59 Å². The topological polar surface area (TPSA) is 139 Å². The lowest BCUT2D eigenvalue weighted by Gasteiger charge is -2.09. The molecule has 2 amide bonds. The highest BCUT2D eigenvalue weighted by Gasteiger charge is 2.19. The van der Waals surface area contributed by atoms with E-state index in [4.69, 9.17) is 20.8 Å². The zero-order valence-electron chi connectivity index (χ0n) is 16.3. The fourth-order valence-electron chi connectivity index (χ4n) is 2.72. The zero-order chi connectivity index (χ0) is 22.3. The maximum atomic E-state index is 12.3. The summed E-state index contributed by atoms with van der Waals surface area (Å²) in [5.41, 5.74) is 2.09. The van der Waals surface area contributed by atoms with Crippen LogP contribution in [0.3, 0.4) is 0 Å². The average Bonchev–Trinajstić information content (AvgIpc) is 3.43. The van der Waals surface area contributed by atoms with Crippen LogP contribution in [-0.4, -0.2) is 45.7 Å². The quantitative estimate of drug-likeness (QED) is 0.302. The second-order valence-corrected chi connectivity index (χ2v) is 8.83. The maximum Gasteiger partial charge on any atom is 0.329 e. The van der Waals surface area contributed by atoms with Crippen molar-refractivity contribution in [2.45, 2.75) is 30.4 Å². The van der Waals surface area contributed by atoms with Gasteiger partial charge in [0.05, 0.1) is 23.8 Å². The normalized spacial score (nSPS) is 16.5. The Morgan fingerprint density at radius 2 is 1.94 bits per heavy atom. The van der Waals surface area contributed by atoms with Gasteiger partial charge in [-0.25, -0.2) is 18.6 Å². The van der Waals surface area contributed by atoms with Gasteiger partial charge >= 0.3 is 11.8 Å². The lowest BCUT2D eigenvalue weighted by Crippen LogP contribution is -2.41. The van der Waals surface area contributed by atoms with E-state index in [1.165, 1.54) is 30.5 Å². The molecular weight excluding hydrogens is 448 g/mol. The number of ether oxygens (including phenoxy) is 1. The fourth-order valence-corrected chi connectivity index (χ4v) is 3.84. The molecule has 2 aromatic rings. The van der Waals surface area contributed by atoms with E-state index in [2.05, 4.69) is 20.6 Å². The molecule has 1 aliphatic rings. The molecule has 1 fully saturated rings. The van der Waals surface area contributed by atoms with Gasteiger partial charge in [-0.05, 0) is 49.2 Å². The second kappa shape index (κ2) is 10.5. The molecule has 12 heteroatoms. The number of furan rings is 1. The highest BCUT2D eigenvalue weighted by atomic mass is 35.5. The Balaban J connectivity index is 1.44. The predicted molar refractivity (Wildman–Crippen MR) is 112 cm³/mol. The highest BCUT2D eigenvalue weighted by molar-refractivity contribution is 7.89. The van der Waals surface area contributed by atoms with Crippen LogP contribution in [0.5, 0.6) is 0 Å². The predicted octanol–water partition coefficient (Wildman–Crippen LogP) is 1.16. The molecule has 1 aromatic carbocycles. The first-order valence-corrected chi connectivity index (χ1v) is 11.3. The van der Waals surface area contributed by atoms with Gasteiger partial charge in [0, 0.05) is 18.2 Å². The Morgan fingerprint density at radius 1 is 1.16 bits per heavy atom.